The summed E-state index contributed by atoms with van der Waals surface area (Å²) in [6.07, 6.45) is 2.08. The van der Waals surface area contributed by atoms with Crippen molar-refractivity contribution in [2.45, 2.75) is 25.3 Å². The summed E-state index contributed by atoms with van der Waals surface area (Å²) in [6, 6.07) is 14.0. The molecule has 0 bridgehead atoms. The number of nitrogens with one attached hydrogen (secondary N) is 1. The Balaban J connectivity index is 1.41. The lowest BCUT2D eigenvalue weighted by Gasteiger charge is -2.26. The Morgan fingerprint density at radius 1 is 1.00 bits per heavy atom. The molecule has 8 nitrogen and oxygen atoms in total. The second-order valence-electron chi connectivity index (χ2n) is 8.30. The van der Waals surface area contributed by atoms with Crippen molar-refractivity contribution in [2.24, 2.45) is 0 Å². The van der Waals surface area contributed by atoms with Gasteiger partial charge in [0.25, 0.3) is 5.91 Å². The van der Waals surface area contributed by atoms with Gasteiger partial charge in [-0.1, -0.05) is 13.8 Å². The first-order chi connectivity index (χ1) is 16.4. The zero-order valence-electron chi connectivity index (χ0n) is 19.7. The number of hydrogen-bond donors (Lipinski definition) is 1. The maximum atomic E-state index is 12.7. The number of fused-ring (bicyclic) bond motifs is 1. The van der Waals surface area contributed by atoms with E-state index in [1.807, 2.05) is 18.2 Å². The first-order valence-corrected chi connectivity index (χ1v) is 13.2. The van der Waals surface area contributed by atoms with Gasteiger partial charge in [0.05, 0.1) is 18.1 Å². The fourth-order valence-corrected chi connectivity index (χ4v) is 5.70. The van der Waals surface area contributed by atoms with Crippen LogP contribution in [0.5, 0.6) is 0 Å². The highest BCUT2D eigenvalue weighted by atomic mass is 32.2. The molecule has 0 radical (unpaired) electrons. The van der Waals surface area contributed by atoms with E-state index < -0.39 is 10.0 Å². The first kappa shape index (κ1) is 24.4. The number of anilines is 1. The first-order valence-electron chi connectivity index (χ1n) is 11.7. The van der Waals surface area contributed by atoms with Gasteiger partial charge in [0, 0.05) is 67.6 Å². The van der Waals surface area contributed by atoms with Gasteiger partial charge >= 0.3 is 0 Å². The third-order valence-corrected chi connectivity index (χ3v) is 8.31. The van der Waals surface area contributed by atoms with E-state index in [0.717, 1.165) is 50.3 Å². The van der Waals surface area contributed by atoms with Crippen molar-refractivity contribution in [1.29, 1.82) is 0 Å². The SMILES string of the molecule is CCN(CC)S(=O)(=O)c1ccc(C(=O)Nc2ccc3c(ccn3CCN3CCOCC3)c2)cc1. The highest BCUT2D eigenvalue weighted by Gasteiger charge is 2.21. The number of ether oxygens (including phenoxy) is 1. The molecular formula is C25H32N4O4S. The maximum absolute atomic E-state index is 12.7. The van der Waals surface area contributed by atoms with Crippen LogP contribution in [0.4, 0.5) is 5.69 Å². The second-order valence-corrected chi connectivity index (χ2v) is 10.2. The smallest absolute Gasteiger partial charge is 0.255 e. The molecule has 2 heterocycles. The molecule has 9 heteroatoms. The lowest BCUT2D eigenvalue weighted by atomic mass is 10.2. The standard InChI is InChI=1S/C25H32N4O4S/c1-3-29(4-2)34(31,32)23-8-5-20(6-9-23)25(30)26-22-7-10-24-21(19-22)11-12-28(24)14-13-27-15-17-33-18-16-27/h5-12,19H,3-4,13-18H2,1-2H3,(H,26,30). The predicted octanol–water partition coefficient (Wildman–Crippen LogP) is 3.26. The van der Waals surface area contributed by atoms with E-state index in [2.05, 4.69) is 27.0 Å². The molecule has 182 valence electrons. The van der Waals surface area contributed by atoms with E-state index in [0.29, 0.717) is 24.3 Å². The van der Waals surface area contributed by atoms with Crippen molar-refractivity contribution in [3.63, 3.8) is 0 Å². The molecule has 0 aliphatic carbocycles. The number of carbonyl (C=O) groups is 1. The number of rotatable bonds is 9. The van der Waals surface area contributed by atoms with Crippen LogP contribution >= 0.6 is 0 Å². The summed E-state index contributed by atoms with van der Waals surface area (Å²) in [5, 5.41) is 3.97. The number of nitrogens with zero attached hydrogens (tertiary/aromatic N) is 3. The molecule has 3 aromatic rings. The third-order valence-electron chi connectivity index (χ3n) is 6.25. The number of benzene rings is 2. The normalized spacial score (nSPS) is 15.1. The fourth-order valence-electron chi connectivity index (χ4n) is 4.24. The van der Waals surface area contributed by atoms with Crippen LogP contribution in [0.25, 0.3) is 10.9 Å². The van der Waals surface area contributed by atoms with Gasteiger partial charge in [-0.05, 0) is 48.5 Å². The van der Waals surface area contributed by atoms with Gasteiger partial charge < -0.3 is 14.6 Å². The zero-order chi connectivity index (χ0) is 24.1. The van der Waals surface area contributed by atoms with Crippen LogP contribution in [0.2, 0.25) is 0 Å². The summed E-state index contributed by atoms with van der Waals surface area (Å²) in [5.74, 6) is -0.280. The molecule has 1 fully saturated rings. The van der Waals surface area contributed by atoms with E-state index in [4.69, 9.17) is 4.74 Å². The molecule has 1 aliphatic heterocycles. The van der Waals surface area contributed by atoms with Crippen molar-refractivity contribution in [2.75, 3.05) is 51.3 Å². The molecule has 0 spiro atoms. The number of morpholine rings is 1. The van der Waals surface area contributed by atoms with Crippen molar-refractivity contribution < 1.29 is 17.9 Å². The Bertz CT molecular complexity index is 1230. The van der Waals surface area contributed by atoms with Crippen LogP contribution in [0.1, 0.15) is 24.2 Å². The van der Waals surface area contributed by atoms with E-state index in [1.54, 1.807) is 26.0 Å². The molecule has 2 aromatic carbocycles. The van der Waals surface area contributed by atoms with Crippen LogP contribution in [0.15, 0.2) is 59.6 Å². The average molecular weight is 485 g/mol. The molecule has 34 heavy (non-hydrogen) atoms. The number of amides is 1. The van der Waals surface area contributed by atoms with Gasteiger partial charge in [-0.25, -0.2) is 8.42 Å². The average Bonchev–Trinajstić information content (AvgIpc) is 3.26. The molecular weight excluding hydrogens is 452 g/mol. The van der Waals surface area contributed by atoms with E-state index in [1.165, 1.54) is 16.4 Å². The molecule has 1 amide bonds. The van der Waals surface area contributed by atoms with Crippen LogP contribution in [-0.2, 0) is 21.3 Å². The van der Waals surface area contributed by atoms with Gasteiger partial charge in [-0.2, -0.15) is 4.31 Å². The van der Waals surface area contributed by atoms with Gasteiger partial charge in [0.15, 0.2) is 0 Å². The Morgan fingerprint density at radius 2 is 1.71 bits per heavy atom. The summed E-state index contributed by atoms with van der Waals surface area (Å²) in [5.41, 5.74) is 2.22. The molecule has 1 saturated heterocycles. The Labute approximate surface area is 201 Å². The quantitative estimate of drug-likeness (QED) is 0.504. The highest BCUT2D eigenvalue weighted by Crippen LogP contribution is 2.22. The number of hydrogen-bond acceptors (Lipinski definition) is 5. The lowest BCUT2D eigenvalue weighted by Crippen LogP contribution is -2.38. The molecule has 1 N–H and O–H groups in total. The van der Waals surface area contributed by atoms with Crippen molar-refractivity contribution in [3.8, 4) is 0 Å². The maximum Gasteiger partial charge on any atom is 0.255 e. The summed E-state index contributed by atoms with van der Waals surface area (Å²) >= 11 is 0. The zero-order valence-corrected chi connectivity index (χ0v) is 20.6. The fraction of sp³-hybridized carbons (Fsp3) is 0.400. The van der Waals surface area contributed by atoms with Crippen LogP contribution in [0.3, 0.4) is 0 Å². The minimum absolute atomic E-state index is 0.188. The topological polar surface area (TPSA) is 83.9 Å². The monoisotopic (exact) mass is 484 g/mol. The van der Waals surface area contributed by atoms with Crippen molar-refractivity contribution in [3.05, 3.63) is 60.3 Å². The summed E-state index contributed by atoms with van der Waals surface area (Å²) in [6.45, 7) is 9.82. The third kappa shape index (κ3) is 5.33. The van der Waals surface area contributed by atoms with Crippen LogP contribution in [0, 0.1) is 0 Å². The summed E-state index contributed by atoms with van der Waals surface area (Å²) < 4.78 is 34.3. The highest BCUT2D eigenvalue weighted by molar-refractivity contribution is 7.89. The molecule has 0 atom stereocenters. The second kappa shape index (κ2) is 10.7. The van der Waals surface area contributed by atoms with Gasteiger partial charge in [-0.15, -0.1) is 0 Å². The molecule has 0 saturated carbocycles. The minimum Gasteiger partial charge on any atom is -0.379 e. The van der Waals surface area contributed by atoms with Crippen molar-refractivity contribution >= 4 is 32.5 Å². The largest absolute Gasteiger partial charge is 0.379 e. The van der Waals surface area contributed by atoms with Gasteiger partial charge in [-0.3, -0.25) is 9.69 Å². The molecule has 0 unspecified atom stereocenters. The lowest BCUT2D eigenvalue weighted by molar-refractivity contribution is 0.0365. The predicted molar refractivity (Wildman–Crippen MR) is 134 cm³/mol. The molecule has 1 aromatic heterocycles. The van der Waals surface area contributed by atoms with Crippen LogP contribution in [-0.4, -0.2) is 74.0 Å². The Morgan fingerprint density at radius 3 is 2.38 bits per heavy atom. The summed E-state index contributed by atoms with van der Waals surface area (Å²) in [4.78, 5) is 15.3. The van der Waals surface area contributed by atoms with Gasteiger partial charge in [0.1, 0.15) is 0 Å². The van der Waals surface area contributed by atoms with Gasteiger partial charge in [0.2, 0.25) is 10.0 Å². The minimum atomic E-state index is -3.55. The Kier molecular flexibility index (Phi) is 7.67. The van der Waals surface area contributed by atoms with Crippen LogP contribution < -0.4 is 5.32 Å². The van der Waals surface area contributed by atoms with E-state index >= 15 is 0 Å². The number of aromatic nitrogens is 1. The molecule has 4 rings (SSSR count). The van der Waals surface area contributed by atoms with Crippen molar-refractivity contribution in [1.82, 2.24) is 13.8 Å². The number of carbonyl (C=O) groups excluding carboxylic acids is 1. The Hall–Kier alpha value is -2.72. The summed E-state index contributed by atoms with van der Waals surface area (Å²) in [7, 11) is -3.55. The van der Waals surface area contributed by atoms with E-state index in [9.17, 15) is 13.2 Å². The molecule has 1 aliphatic rings. The van der Waals surface area contributed by atoms with E-state index in [-0.39, 0.29) is 10.8 Å². The number of sulfonamides is 1.